The van der Waals surface area contributed by atoms with Crippen LogP contribution < -0.4 is 0 Å². The molecule has 1 heterocycles. The number of halogens is 1. The Hall–Kier alpha value is -0.150. The second kappa shape index (κ2) is 2.62. The lowest BCUT2D eigenvalue weighted by molar-refractivity contribution is 0.799. The molecule has 0 N–H and O–H groups in total. The molecule has 50 valence electrons. The van der Waals surface area contributed by atoms with Crippen LogP contribution in [0.5, 0.6) is 0 Å². The van der Waals surface area contributed by atoms with Gasteiger partial charge in [-0.05, 0) is 23.1 Å². The largest absolute Gasteiger partial charge is 0.208 e. The Morgan fingerprint density at radius 1 is 1.56 bits per heavy atom. The van der Waals surface area contributed by atoms with Crippen LogP contribution in [0.1, 0.15) is 25.6 Å². The highest BCUT2D eigenvalue weighted by molar-refractivity contribution is 7.10. The molecule has 9 heavy (non-hydrogen) atoms. The molecule has 2 nitrogen and oxygen atoms in total. The van der Waals surface area contributed by atoms with Crippen LogP contribution in [-0.4, -0.2) is 9.36 Å². The van der Waals surface area contributed by atoms with Gasteiger partial charge in [0.25, 0.3) is 0 Å². The normalized spacial score (nSPS) is 10.7. The molecule has 0 atom stereocenters. The smallest absolute Gasteiger partial charge is 0.203 e. The van der Waals surface area contributed by atoms with Crippen molar-refractivity contribution in [2.45, 2.75) is 19.8 Å². The van der Waals surface area contributed by atoms with Gasteiger partial charge in [-0.15, -0.1) is 0 Å². The van der Waals surface area contributed by atoms with E-state index in [2.05, 4.69) is 9.36 Å². The molecule has 0 saturated heterocycles. The third kappa shape index (κ3) is 1.63. The van der Waals surface area contributed by atoms with Gasteiger partial charge >= 0.3 is 0 Å². The van der Waals surface area contributed by atoms with Gasteiger partial charge in [-0.25, -0.2) is 4.98 Å². The van der Waals surface area contributed by atoms with Gasteiger partial charge in [-0.2, -0.15) is 4.37 Å². The second-order valence-corrected chi connectivity index (χ2v) is 3.39. The van der Waals surface area contributed by atoms with Crippen LogP contribution in [-0.2, 0) is 0 Å². The highest BCUT2D eigenvalue weighted by Crippen LogP contribution is 2.16. The molecular formula is C5H7ClN2S. The number of nitrogens with zero attached hydrogens (tertiary/aromatic N) is 2. The first kappa shape index (κ1) is 6.96. The van der Waals surface area contributed by atoms with Crippen LogP contribution in [0.2, 0.25) is 4.47 Å². The Kier molecular flexibility index (Phi) is 2.03. The predicted octanol–water partition coefficient (Wildman–Crippen LogP) is 2.31. The number of hydrogen-bond donors (Lipinski definition) is 0. The van der Waals surface area contributed by atoms with Crippen molar-refractivity contribution in [3.8, 4) is 0 Å². The first-order chi connectivity index (χ1) is 4.20. The van der Waals surface area contributed by atoms with E-state index in [9.17, 15) is 0 Å². The van der Waals surface area contributed by atoms with Crippen molar-refractivity contribution < 1.29 is 0 Å². The lowest BCUT2D eigenvalue weighted by Gasteiger charge is -1.92. The molecule has 0 aliphatic heterocycles. The van der Waals surface area contributed by atoms with E-state index in [0.717, 1.165) is 5.82 Å². The summed E-state index contributed by atoms with van der Waals surface area (Å²) in [5.74, 6) is 1.22. The summed E-state index contributed by atoms with van der Waals surface area (Å²) in [6.07, 6.45) is 0. The molecule has 0 bridgehead atoms. The summed E-state index contributed by atoms with van der Waals surface area (Å²) in [7, 11) is 0. The number of aromatic nitrogens is 2. The number of rotatable bonds is 1. The third-order valence-corrected chi connectivity index (χ3v) is 1.75. The average molecular weight is 163 g/mol. The molecule has 0 spiro atoms. The molecule has 0 aromatic carbocycles. The van der Waals surface area contributed by atoms with Crippen LogP contribution in [0, 0.1) is 0 Å². The van der Waals surface area contributed by atoms with Gasteiger partial charge in [0, 0.05) is 5.92 Å². The van der Waals surface area contributed by atoms with Crippen LogP contribution in [0.3, 0.4) is 0 Å². The zero-order valence-electron chi connectivity index (χ0n) is 5.26. The second-order valence-electron chi connectivity index (χ2n) is 2.06. The zero-order valence-corrected chi connectivity index (χ0v) is 6.83. The van der Waals surface area contributed by atoms with Gasteiger partial charge < -0.3 is 0 Å². The fourth-order valence-corrected chi connectivity index (χ4v) is 1.19. The molecule has 0 fully saturated rings. The van der Waals surface area contributed by atoms with Crippen LogP contribution in [0.4, 0.5) is 0 Å². The van der Waals surface area contributed by atoms with E-state index >= 15 is 0 Å². The maximum Gasteiger partial charge on any atom is 0.203 e. The van der Waals surface area contributed by atoms with Crippen molar-refractivity contribution in [1.29, 1.82) is 0 Å². The van der Waals surface area contributed by atoms with Gasteiger partial charge in [0.05, 0.1) is 0 Å². The summed E-state index contributed by atoms with van der Waals surface area (Å²) in [5, 5.41) is 0. The fourth-order valence-electron chi connectivity index (χ4n) is 0.450. The van der Waals surface area contributed by atoms with E-state index in [1.54, 1.807) is 0 Å². The van der Waals surface area contributed by atoms with Crippen molar-refractivity contribution in [2.75, 3.05) is 0 Å². The minimum Gasteiger partial charge on any atom is -0.208 e. The van der Waals surface area contributed by atoms with Crippen molar-refractivity contribution in [1.82, 2.24) is 9.36 Å². The van der Waals surface area contributed by atoms with Gasteiger partial charge in [0.15, 0.2) is 0 Å². The molecule has 0 saturated carbocycles. The van der Waals surface area contributed by atoms with E-state index in [1.807, 2.05) is 13.8 Å². The first-order valence-corrected chi connectivity index (χ1v) is 3.84. The molecule has 0 unspecified atom stereocenters. The Balaban J connectivity index is 2.85. The quantitative estimate of drug-likeness (QED) is 0.634. The van der Waals surface area contributed by atoms with E-state index in [4.69, 9.17) is 11.6 Å². The van der Waals surface area contributed by atoms with Gasteiger partial charge in [-0.1, -0.05) is 13.8 Å². The standard InChI is InChI=1S/C5H7ClN2S/c1-3(2)4-7-5(6)9-8-4/h3H,1-2H3. The highest BCUT2D eigenvalue weighted by atomic mass is 35.5. The number of hydrogen-bond acceptors (Lipinski definition) is 3. The lowest BCUT2D eigenvalue weighted by Crippen LogP contribution is -1.87. The molecule has 0 aliphatic rings. The Morgan fingerprint density at radius 3 is 2.44 bits per heavy atom. The summed E-state index contributed by atoms with van der Waals surface area (Å²) in [4.78, 5) is 3.98. The molecule has 0 amide bonds. The molecule has 1 aromatic heterocycles. The molecule has 0 radical (unpaired) electrons. The van der Waals surface area contributed by atoms with E-state index in [1.165, 1.54) is 11.5 Å². The summed E-state index contributed by atoms with van der Waals surface area (Å²) in [6, 6.07) is 0. The van der Waals surface area contributed by atoms with Crippen molar-refractivity contribution in [3.05, 3.63) is 10.3 Å². The topological polar surface area (TPSA) is 25.8 Å². The van der Waals surface area contributed by atoms with Gasteiger partial charge in [-0.3, -0.25) is 0 Å². The molecular weight excluding hydrogens is 156 g/mol. The lowest BCUT2D eigenvalue weighted by atomic mass is 10.2. The Bertz CT molecular complexity index is 197. The minimum absolute atomic E-state index is 0.383. The van der Waals surface area contributed by atoms with Crippen LogP contribution in [0.15, 0.2) is 0 Å². The van der Waals surface area contributed by atoms with Crippen molar-refractivity contribution in [3.63, 3.8) is 0 Å². The minimum atomic E-state index is 0.383. The van der Waals surface area contributed by atoms with E-state index in [-0.39, 0.29) is 0 Å². The zero-order chi connectivity index (χ0) is 6.85. The monoisotopic (exact) mass is 162 g/mol. The van der Waals surface area contributed by atoms with Crippen LogP contribution in [0.25, 0.3) is 0 Å². The maximum atomic E-state index is 5.55. The summed E-state index contributed by atoms with van der Waals surface area (Å²) >= 11 is 6.79. The SMILES string of the molecule is CC(C)c1nsc(Cl)n1. The molecule has 4 heteroatoms. The van der Waals surface area contributed by atoms with Gasteiger partial charge in [0.2, 0.25) is 4.47 Å². The van der Waals surface area contributed by atoms with Crippen LogP contribution >= 0.6 is 23.1 Å². The van der Waals surface area contributed by atoms with Crippen molar-refractivity contribution in [2.24, 2.45) is 0 Å². The highest BCUT2D eigenvalue weighted by Gasteiger charge is 2.04. The maximum absolute atomic E-state index is 5.55. The Labute approximate surface area is 63.1 Å². The van der Waals surface area contributed by atoms with Gasteiger partial charge in [0.1, 0.15) is 5.82 Å². The average Bonchev–Trinajstić information content (AvgIpc) is 2.14. The summed E-state index contributed by atoms with van der Waals surface area (Å²) < 4.78 is 4.54. The first-order valence-electron chi connectivity index (χ1n) is 2.69. The molecule has 1 aromatic rings. The van der Waals surface area contributed by atoms with E-state index in [0.29, 0.717) is 10.4 Å². The summed E-state index contributed by atoms with van der Waals surface area (Å²) in [5.41, 5.74) is 0. The predicted molar refractivity (Wildman–Crippen MR) is 39.0 cm³/mol. The summed E-state index contributed by atoms with van der Waals surface area (Å²) in [6.45, 7) is 4.08. The van der Waals surface area contributed by atoms with E-state index < -0.39 is 0 Å². The fraction of sp³-hybridized carbons (Fsp3) is 0.600. The van der Waals surface area contributed by atoms with Crippen molar-refractivity contribution >= 4 is 23.1 Å². The molecule has 0 aliphatic carbocycles. The Morgan fingerprint density at radius 2 is 2.22 bits per heavy atom. The molecule has 1 rings (SSSR count). The third-order valence-electron chi connectivity index (χ3n) is 0.933.